The molecule has 0 fully saturated rings. The van der Waals surface area contributed by atoms with Gasteiger partial charge in [-0.05, 0) is 18.2 Å². The van der Waals surface area contributed by atoms with E-state index in [1.54, 1.807) is 12.5 Å². The van der Waals surface area contributed by atoms with E-state index < -0.39 is 0 Å². The molecule has 2 heterocycles. The average Bonchev–Trinajstić information content (AvgIpc) is 2.26. The minimum atomic E-state index is 0.645. The fourth-order valence-electron chi connectivity index (χ4n) is 1.59. The van der Waals surface area contributed by atoms with Crippen LogP contribution < -0.4 is 4.74 Å². The van der Waals surface area contributed by atoms with Crippen LogP contribution in [0.25, 0.3) is 17.0 Å². The number of aromatic nitrogens is 2. The molecule has 0 radical (unpaired) electrons. The summed E-state index contributed by atoms with van der Waals surface area (Å²) in [6.07, 6.45) is 7.40. The summed E-state index contributed by atoms with van der Waals surface area (Å²) >= 11 is 0. The topological polar surface area (TPSA) is 35.0 Å². The molecule has 68 valence electrons. The Morgan fingerprint density at radius 1 is 1.29 bits per heavy atom. The van der Waals surface area contributed by atoms with Crippen molar-refractivity contribution in [2.45, 2.75) is 0 Å². The molecule has 3 heteroatoms. The van der Waals surface area contributed by atoms with Gasteiger partial charge in [0.2, 0.25) is 0 Å². The second kappa shape index (κ2) is 2.80. The van der Waals surface area contributed by atoms with Crippen LogP contribution in [0.1, 0.15) is 5.56 Å². The molecule has 3 rings (SSSR count). The Morgan fingerprint density at radius 3 is 3.29 bits per heavy atom. The zero-order valence-corrected chi connectivity index (χ0v) is 7.47. The molecule has 2 aromatic rings. The van der Waals surface area contributed by atoms with Crippen LogP contribution in [0.2, 0.25) is 0 Å². The maximum atomic E-state index is 5.49. The summed E-state index contributed by atoms with van der Waals surface area (Å²) in [7, 11) is 0. The zero-order chi connectivity index (χ0) is 9.38. The molecule has 0 unspecified atom stereocenters. The van der Waals surface area contributed by atoms with Crippen molar-refractivity contribution in [2.24, 2.45) is 0 Å². The largest absolute Gasteiger partial charge is 0.489 e. The van der Waals surface area contributed by atoms with E-state index in [9.17, 15) is 0 Å². The van der Waals surface area contributed by atoms with E-state index in [-0.39, 0.29) is 0 Å². The molecule has 0 spiro atoms. The lowest BCUT2D eigenvalue weighted by Crippen LogP contribution is -2.00. The molecule has 0 atom stereocenters. The molecule has 0 saturated carbocycles. The SMILES string of the molecule is C1=Cc2cc3ncncc3cc2OC1. The lowest BCUT2D eigenvalue weighted by molar-refractivity contribution is 0.359. The fraction of sp³-hybridized carbons (Fsp3) is 0.0909. The highest BCUT2D eigenvalue weighted by atomic mass is 16.5. The number of hydrogen-bond acceptors (Lipinski definition) is 3. The van der Waals surface area contributed by atoms with Crippen molar-refractivity contribution >= 4 is 17.0 Å². The Balaban J connectivity index is 2.34. The quantitative estimate of drug-likeness (QED) is 0.628. The smallest absolute Gasteiger partial charge is 0.127 e. The normalized spacial score (nSPS) is 13.7. The van der Waals surface area contributed by atoms with Gasteiger partial charge in [-0.2, -0.15) is 0 Å². The number of ether oxygens (including phenoxy) is 1. The van der Waals surface area contributed by atoms with Gasteiger partial charge in [0.05, 0.1) is 5.52 Å². The summed E-state index contributed by atoms with van der Waals surface area (Å²) in [6.45, 7) is 0.645. The van der Waals surface area contributed by atoms with E-state index in [0.717, 1.165) is 22.2 Å². The van der Waals surface area contributed by atoms with Crippen LogP contribution in [-0.4, -0.2) is 16.6 Å². The van der Waals surface area contributed by atoms with Gasteiger partial charge in [-0.15, -0.1) is 0 Å². The van der Waals surface area contributed by atoms with Crippen molar-refractivity contribution in [3.8, 4) is 5.75 Å². The number of hydrogen-bond donors (Lipinski definition) is 0. The van der Waals surface area contributed by atoms with Crippen LogP contribution in [0.15, 0.2) is 30.7 Å². The van der Waals surface area contributed by atoms with Crippen molar-refractivity contribution in [3.05, 3.63) is 36.3 Å². The van der Waals surface area contributed by atoms with Crippen molar-refractivity contribution in [3.63, 3.8) is 0 Å². The maximum absolute atomic E-state index is 5.49. The van der Waals surface area contributed by atoms with E-state index >= 15 is 0 Å². The molecule has 1 aromatic heterocycles. The Morgan fingerprint density at radius 2 is 2.29 bits per heavy atom. The van der Waals surface area contributed by atoms with E-state index in [2.05, 4.69) is 16.0 Å². The molecule has 0 bridgehead atoms. The van der Waals surface area contributed by atoms with Crippen LogP contribution >= 0.6 is 0 Å². The first kappa shape index (κ1) is 7.50. The van der Waals surface area contributed by atoms with Gasteiger partial charge in [0, 0.05) is 17.1 Å². The van der Waals surface area contributed by atoms with Gasteiger partial charge >= 0.3 is 0 Å². The standard InChI is InChI=1S/C11H8N2O/c1-2-8-4-10-9(6-12-7-13-10)5-11(8)14-3-1/h1-2,4-7H,3H2. The van der Waals surface area contributed by atoms with Crippen molar-refractivity contribution < 1.29 is 4.74 Å². The first-order valence-electron chi connectivity index (χ1n) is 4.46. The highest BCUT2D eigenvalue weighted by Gasteiger charge is 2.07. The summed E-state index contributed by atoms with van der Waals surface area (Å²) < 4.78 is 5.49. The number of fused-ring (bicyclic) bond motifs is 2. The Hall–Kier alpha value is -1.90. The minimum Gasteiger partial charge on any atom is -0.489 e. The molecule has 0 N–H and O–H groups in total. The summed E-state index contributed by atoms with van der Waals surface area (Å²) in [5.41, 5.74) is 2.04. The molecule has 3 nitrogen and oxygen atoms in total. The van der Waals surface area contributed by atoms with Gasteiger partial charge in [-0.3, -0.25) is 0 Å². The van der Waals surface area contributed by atoms with Gasteiger partial charge in [0.1, 0.15) is 18.7 Å². The van der Waals surface area contributed by atoms with Crippen molar-refractivity contribution in [1.82, 2.24) is 9.97 Å². The summed E-state index contributed by atoms with van der Waals surface area (Å²) in [6, 6.07) is 4.00. The van der Waals surface area contributed by atoms with E-state index in [0.29, 0.717) is 6.61 Å². The lowest BCUT2D eigenvalue weighted by atomic mass is 10.1. The molecule has 1 aromatic carbocycles. The maximum Gasteiger partial charge on any atom is 0.127 e. The Labute approximate surface area is 81.1 Å². The van der Waals surface area contributed by atoms with Gasteiger partial charge in [0.25, 0.3) is 0 Å². The summed E-state index contributed by atoms with van der Waals surface area (Å²) in [5, 5.41) is 1.02. The van der Waals surface area contributed by atoms with Crippen molar-refractivity contribution in [2.75, 3.05) is 6.61 Å². The predicted molar refractivity (Wildman–Crippen MR) is 54.1 cm³/mol. The van der Waals surface area contributed by atoms with Crippen LogP contribution in [0.3, 0.4) is 0 Å². The second-order valence-electron chi connectivity index (χ2n) is 3.18. The van der Waals surface area contributed by atoms with Crippen LogP contribution in [0.5, 0.6) is 5.75 Å². The van der Waals surface area contributed by atoms with Crippen LogP contribution in [0.4, 0.5) is 0 Å². The third-order valence-corrected chi connectivity index (χ3v) is 2.27. The molecule has 1 aliphatic rings. The molecular formula is C11H8N2O. The van der Waals surface area contributed by atoms with E-state index in [1.807, 2.05) is 18.2 Å². The summed E-state index contributed by atoms with van der Waals surface area (Å²) in [5.74, 6) is 0.912. The third-order valence-electron chi connectivity index (χ3n) is 2.27. The number of benzene rings is 1. The van der Waals surface area contributed by atoms with E-state index in [1.165, 1.54) is 0 Å². The highest BCUT2D eigenvalue weighted by molar-refractivity contribution is 5.83. The first-order chi connectivity index (χ1) is 6.93. The first-order valence-corrected chi connectivity index (χ1v) is 4.46. The van der Waals surface area contributed by atoms with Crippen LogP contribution in [-0.2, 0) is 0 Å². The third kappa shape index (κ3) is 1.06. The number of rotatable bonds is 0. The van der Waals surface area contributed by atoms with Gasteiger partial charge in [-0.1, -0.05) is 6.08 Å². The van der Waals surface area contributed by atoms with Crippen molar-refractivity contribution in [1.29, 1.82) is 0 Å². The van der Waals surface area contributed by atoms with Crippen LogP contribution in [0, 0.1) is 0 Å². The molecule has 0 aliphatic carbocycles. The molecular weight excluding hydrogens is 176 g/mol. The molecule has 1 aliphatic heterocycles. The summed E-state index contributed by atoms with van der Waals surface area (Å²) in [4.78, 5) is 8.17. The van der Waals surface area contributed by atoms with Gasteiger partial charge in [0.15, 0.2) is 0 Å². The van der Waals surface area contributed by atoms with Gasteiger partial charge < -0.3 is 4.74 Å². The Kier molecular flexibility index (Phi) is 1.50. The number of nitrogens with zero attached hydrogens (tertiary/aromatic N) is 2. The fourth-order valence-corrected chi connectivity index (χ4v) is 1.59. The highest BCUT2D eigenvalue weighted by Crippen LogP contribution is 2.27. The molecule has 0 amide bonds. The lowest BCUT2D eigenvalue weighted by Gasteiger charge is -2.12. The second-order valence-corrected chi connectivity index (χ2v) is 3.18. The Bertz CT molecular complexity index is 520. The van der Waals surface area contributed by atoms with Gasteiger partial charge in [-0.25, -0.2) is 9.97 Å². The van der Waals surface area contributed by atoms with E-state index in [4.69, 9.17) is 4.74 Å². The molecule has 0 saturated heterocycles. The zero-order valence-electron chi connectivity index (χ0n) is 7.47. The monoisotopic (exact) mass is 184 g/mol. The average molecular weight is 184 g/mol. The molecule has 14 heavy (non-hydrogen) atoms. The minimum absolute atomic E-state index is 0.645. The predicted octanol–water partition coefficient (Wildman–Crippen LogP) is 2.04.